The molecule has 112 valence electrons. The Morgan fingerprint density at radius 1 is 0.909 bits per heavy atom. The van der Waals surface area contributed by atoms with E-state index >= 15 is 0 Å². The zero-order valence-electron chi connectivity index (χ0n) is 13.3. The van der Waals surface area contributed by atoms with E-state index in [1.807, 2.05) is 52.0 Å². The fraction of sp³-hybridized carbons (Fsp3) is 0.263. The summed E-state index contributed by atoms with van der Waals surface area (Å²) >= 11 is 0. The predicted molar refractivity (Wildman–Crippen MR) is 85.6 cm³/mol. The minimum atomic E-state index is -0.896. The summed E-state index contributed by atoms with van der Waals surface area (Å²) < 4.78 is 5.39. The maximum absolute atomic E-state index is 12.3. The first kappa shape index (κ1) is 15.8. The molecule has 2 aromatic carbocycles. The van der Waals surface area contributed by atoms with Crippen LogP contribution in [0.15, 0.2) is 36.4 Å². The molecule has 3 nitrogen and oxygen atoms in total. The molecule has 0 saturated carbocycles. The van der Waals surface area contributed by atoms with Gasteiger partial charge in [-0.1, -0.05) is 46.5 Å². The van der Waals surface area contributed by atoms with E-state index in [1.54, 1.807) is 12.1 Å². The molecule has 0 fully saturated rings. The van der Waals surface area contributed by atoms with Gasteiger partial charge in [0.1, 0.15) is 6.07 Å². The fourth-order valence-corrected chi connectivity index (χ4v) is 2.60. The van der Waals surface area contributed by atoms with Gasteiger partial charge in [-0.25, -0.2) is 4.79 Å². The molecule has 0 saturated heterocycles. The summed E-state index contributed by atoms with van der Waals surface area (Å²) in [6.07, 6.45) is -0.896. The van der Waals surface area contributed by atoms with Crippen molar-refractivity contribution in [3.63, 3.8) is 0 Å². The van der Waals surface area contributed by atoms with Crippen molar-refractivity contribution in [3.8, 4) is 6.07 Å². The van der Waals surface area contributed by atoms with Crippen LogP contribution in [0.1, 0.15) is 44.3 Å². The number of nitriles is 1. The maximum Gasteiger partial charge on any atom is 0.339 e. The van der Waals surface area contributed by atoms with Crippen molar-refractivity contribution in [1.29, 1.82) is 5.26 Å². The Hall–Kier alpha value is -2.60. The van der Waals surface area contributed by atoms with E-state index in [9.17, 15) is 10.1 Å². The third kappa shape index (κ3) is 3.73. The predicted octanol–water partition coefficient (Wildman–Crippen LogP) is 4.34. The van der Waals surface area contributed by atoms with Crippen LogP contribution in [-0.2, 0) is 4.74 Å². The number of esters is 1. The lowest BCUT2D eigenvalue weighted by molar-refractivity contribution is 0.0404. The molecule has 2 rings (SSSR count). The van der Waals surface area contributed by atoms with Crippen LogP contribution in [-0.4, -0.2) is 5.97 Å². The summed E-state index contributed by atoms with van der Waals surface area (Å²) in [5, 5.41) is 9.34. The monoisotopic (exact) mass is 293 g/mol. The first-order chi connectivity index (χ1) is 10.4. The molecule has 0 aromatic heterocycles. The van der Waals surface area contributed by atoms with Gasteiger partial charge in [0.2, 0.25) is 6.10 Å². The van der Waals surface area contributed by atoms with Crippen LogP contribution in [0.3, 0.4) is 0 Å². The SMILES string of the molecule is Cc1cc(C)cc(C(=O)OC(C#N)c2cc(C)cc(C)c2)c1. The van der Waals surface area contributed by atoms with Crippen LogP contribution in [0.25, 0.3) is 0 Å². The number of ether oxygens (including phenoxy) is 1. The molecule has 0 aliphatic heterocycles. The van der Waals surface area contributed by atoms with Crippen LogP contribution < -0.4 is 0 Å². The zero-order valence-corrected chi connectivity index (χ0v) is 13.3. The van der Waals surface area contributed by atoms with Gasteiger partial charge in [-0.3, -0.25) is 0 Å². The third-order valence-corrected chi connectivity index (χ3v) is 3.35. The lowest BCUT2D eigenvalue weighted by Crippen LogP contribution is -2.11. The smallest absolute Gasteiger partial charge is 0.339 e. The topological polar surface area (TPSA) is 50.1 Å². The van der Waals surface area contributed by atoms with Gasteiger partial charge in [-0.05, 0) is 39.8 Å². The van der Waals surface area contributed by atoms with Gasteiger partial charge in [0.05, 0.1) is 5.56 Å². The molecule has 3 heteroatoms. The minimum Gasteiger partial charge on any atom is -0.438 e. The van der Waals surface area contributed by atoms with Crippen molar-refractivity contribution >= 4 is 5.97 Å². The Labute approximate surface area is 131 Å². The van der Waals surface area contributed by atoms with Gasteiger partial charge in [-0.15, -0.1) is 0 Å². The maximum atomic E-state index is 12.3. The van der Waals surface area contributed by atoms with Gasteiger partial charge in [0, 0.05) is 5.56 Å². The molecule has 0 bridgehead atoms. The number of nitrogens with zero attached hydrogens (tertiary/aromatic N) is 1. The lowest BCUT2D eigenvalue weighted by atomic mass is 10.0. The molecular weight excluding hydrogens is 274 g/mol. The van der Waals surface area contributed by atoms with Gasteiger partial charge < -0.3 is 4.74 Å². The Morgan fingerprint density at radius 2 is 1.36 bits per heavy atom. The molecule has 1 unspecified atom stereocenters. The van der Waals surface area contributed by atoms with E-state index in [0.29, 0.717) is 11.1 Å². The second-order valence-corrected chi connectivity index (χ2v) is 5.71. The minimum absolute atomic E-state index is 0.474. The first-order valence-electron chi connectivity index (χ1n) is 7.16. The third-order valence-electron chi connectivity index (χ3n) is 3.35. The van der Waals surface area contributed by atoms with E-state index in [1.165, 1.54) is 0 Å². The molecule has 1 atom stereocenters. The van der Waals surface area contributed by atoms with E-state index in [0.717, 1.165) is 22.3 Å². The van der Waals surface area contributed by atoms with Crippen LogP contribution in [0.2, 0.25) is 0 Å². The Balaban J connectivity index is 2.26. The molecule has 22 heavy (non-hydrogen) atoms. The second kappa shape index (κ2) is 6.44. The standard InChI is InChI=1S/C19H19NO2/c1-12-5-13(2)8-16(7-12)18(11-20)22-19(21)17-9-14(3)6-15(4)10-17/h5-10,18H,1-4H3. The lowest BCUT2D eigenvalue weighted by Gasteiger charge is -2.13. The molecule has 0 spiro atoms. The van der Waals surface area contributed by atoms with Crippen molar-refractivity contribution in [2.75, 3.05) is 0 Å². The summed E-state index contributed by atoms with van der Waals surface area (Å²) in [5.74, 6) is -0.475. The highest BCUT2D eigenvalue weighted by Gasteiger charge is 2.18. The highest BCUT2D eigenvalue weighted by Crippen LogP contribution is 2.22. The van der Waals surface area contributed by atoms with Gasteiger partial charge in [0.15, 0.2) is 0 Å². The number of hydrogen-bond donors (Lipinski definition) is 0. The number of aryl methyl sites for hydroxylation is 4. The average molecular weight is 293 g/mol. The van der Waals surface area contributed by atoms with Gasteiger partial charge in [-0.2, -0.15) is 5.26 Å². The number of carbonyl (C=O) groups excluding carboxylic acids is 1. The molecule has 0 aliphatic rings. The van der Waals surface area contributed by atoms with E-state index in [4.69, 9.17) is 4.74 Å². The van der Waals surface area contributed by atoms with Crippen molar-refractivity contribution in [1.82, 2.24) is 0 Å². The zero-order chi connectivity index (χ0) is 16.3. The van der Waals surface area contributed by atoms with Crippen LogP contribution in [0.4, 0.5) is 0 Å². The Kier molecular flexibility index (Phi) is 4.62. The molecule has 0 radical (unpaired) electrons. The molecule has 0 heterocycles. The van der Waals surface area contributed by atoms with Crippen molar-refractivity contribution in [2.24, 2.45) is 0 Å². The Morgan fingerprint density at radius 3 is 1.82 bits per heavy atom. The normalized spacial score (nSPS) is 11.6. The van der Waals surface area contributed by atoms with Crippen molar-refractivity contribution in [3.05, 3.63) is 69.8 Å². The number of rotatable bonds is 3. The molecule has 0 aliphatic carbocycles. The average Bonchev–Trinajstić information content (AvgIpc) is 2.42. The van der Waals surface area contributed by atoms with E-state index < -0.39 is 12.1 Å². The summed E-state index contributed by atoms with van der Waals surface area (Å²) in [7, 11) is 0. The van der Waals surface area contributed by atoms with Gasteiger partial charge >= 0.3 is 5.97 Å². The highest BCUT2D eigenvalue weighted by molar-refractivity contribution is 5.90. The highest BCUT2D eigenvalue weighted by atomic mass is 16.5. The summed E-state index contributed by atoms with van der Waals surface area (Å²) in [4.78, 5) is 12.3. The largest absolute Gasteiger partial charge is 0.438 e. The molecule has 2 aromatic rings. The van der Waals surface area contributed by atoms with Crippen molar-refractivity contribution < 1.29 is 9.53 Å². The van der Waals surface area contributed by atoms with Crippen LogP contribution >= 0.6 is 0 Å². The first-order valence-corrected chi connectivity index (χ1v) is 7.16. The quantitative estimate of drug-likeness (QED) is 0.791. The van der Waals surface area contributed by atoms with Crippen molar-refractivity contribution in [2.45, 2.75) is 33.8 Å². The number of carbonyl (C=O) groups is 1. The number of hydrogen-bond acceptors (Lipinski definition) is 3. The fourth-order valence-electron chi connectivity index (χ4n) is 2.60. The van der Waals surface area contributed by atoms with Crippen LogP contribution in [0, 0.1) is 39.0 Å². The summed E-state index contributed by atoms with van der Waals surface area (Å²) in [5.41, 5.74) is 5.24. The van der Waals surface area contributed by atoms with Gasteiger partial charge in [0.25, 0.3) is 0 Å². The molecular formula is C19H19NO2. The second-order valence-electron chi connectivity index (χ2n) is 5.71. The molecule has 0 amide bonds. The summed E-state index contributed by atoms with van der Waals surface area (Å²) in [6, 6.07) is 13.3. The number of benzene rings is 2. The Bertz CT molecular complexity index is 716. The van der Waals surface area contributed by atoms with E-state index in [2.05, 4.69) is 6.07 Å². The summed E-state index contributed by atoms with van der Waals surface area (Å²) in [6.45, 7) is 7.76. The van der Waals surface area contributed by atoms with E-state index in [-0.39, 0.29) is 0 Å². The van der Waals surface area contributed by atoms with Crippen LogP contribution in [0.5, 0.6) is 0 Å². The molecule has 0 N–H and O–H groups in total.